The second kappa shape index (κ2) is 8.71. The molecule has 0 aliphatic heterocycles. The Morgan fingerprint density at radius 3 is 2.09 bits per heavy atom. The first-order valence-corrected chi connectivity index (χ1v) is 7.94. The quantitative estimate of drug-likeness (QED) is 0.786. The van der Waals surface area contributed by atoms with Crippen LogP contribution in [0.4, 0.5) is 4.39 Å². The maximum absolute atomic E-state index is 13.5. The van der Waals surface area contributed by atoms with E-state index in [0.717, 1.165) is 17.0 Å². The molecule has 116 valence electrons. The fourth-order valence-corrected chi connectivity index (χ4v) is 2.52. The van der Waals surface area contributed by atoms with Gasteiger partial charge in [0.15, 0.2) is 5.11 Å². The van der Waals surface area contributed by atoms with Gasteiger partial charge in [0.05, 0.1) is 0 Å². The van der Waals surface area contributed by atoms with E-state index in [1.54, 1.807) is 12.1 Å². The van der Waals surface area contributed by atoms with Gasteiger partial charge in [-0.3, -0.25) is 0 Å². The van der Waals surface area contributed by atoms with Crippen LogP contribution in [0.1, 0.15) is 11.1 Å². The fourth-order valence-electron chi connectivity index (χ4n) is 2.09. The average molecular weight is 337 g/mol. The minimum atomic E-state index is -0.179. The van der Waals surface area contributed by atoms with Crippen molar-refractivity contribution in [2.45, 2.75) is 12.8 Å². The molecule has 5 heteroatoms. The third-order valence-electron chi connectivity index (χ3n) is 3.28. The van der Waals surface area contributed by atoms with Crippen LogP contribution in [0.2, 0.25) is 5.02 Å². The van der Waals surface area contributed by atoms with Gasteiger partial charge in [-0.05, 0) is 48.3 Å². The Hall–Kier alpha value is -1.65. The van der Waals surface area contributed by atoms with Crippen LogP contribution in [-0.2, 0) is 12.8 Å². The maximum atomic E-state index is 13.5. The lowest BCUT2D eigenvalue weighted by atomic mass is 10.1. The van der Waals surface area contributed by atoms with E-state index >= 15 is 0 Å². The van der Waals surface area contributed by atoms with E-state index in [1.807, 2.05) is 30.3 Å². The van der Waals surface area contributed by atoms with Crippen molar-refractivity contribution in [3.63, 3.8) is 0 Å². The van der Waals surface area contributed by atoms with E-state index in [1.165, 1.54) is 6.07 Å². The Kier molecular flexibility index (Phi) is 6.62. The van der Waals surface area contributed by atoms with Crippen LogP contribution in [-0.4, -0.2) is 18.2 Å². The molecular weight excluding hydrogens is 319 g/mol. The molecular formula is C17H18ClFN2S. The maximum Gasteiger partial charge on any atom is 0.166 e. The molecule has 0 fully saturated rings. The van der Waals surface area contributed by atoms with Gasteiger partial charge in [-0.25, -0.2) is 4.39 Å². The molecule has 0 saturated carbocycles. The number of rotatable bonds is 6. The van der Waals surface area contributed by atoms with Crippen molar-refractivity contribution in [2.24, 2.45) is 0 Å². The molecule has 0 aliphatic rings. The summed E-state index contributed by atoms with van der Waals surface area (Å²) in [5, 5.41) is 7.55. The van der Waals surface area contributed by atoms with E-state index in [9.17, 15) is 4.39 Å². The van der Waals surface area contributed by atoms with Gasteiger partial charge in [-0.1, -0.05) is 48.0 Å². The van der Waals surface area contributed by atoms with Gasteiger partial charge in [0.2, 0.25) is 0 Å². The van der Waals surface area contributed by atoms with Crippen molar-refractivity contribution in [1.82, 2.24) is 10.6 Å². The summed E-state index contributed by atoms with van der Waals surface area (Å²) in [6.07, 6.45) is 1.40. The van der Waals surface area contributed by atoms with E-state index in [4.69, 9.17) is 23.8 Å². The standard InChI is InChI=1S/C17H18ClFN2S/c18-15-7-3-1-5-13(15)9-11-20-17(22)21-12-10-14-6-2-4-8-16(14)19/h1-8H,9-12H2,(H2,20,21,22). The first-order valence-electron chi connectivity index (χ1n) is 7.15. The molecule has 0 aliphatic carbocycles. The highest BCUT2D eigenvalue weighted by Gasteiger charge is 2.02. The molecule has 22 heavy (non-hydrogen) atoms. The number of benzene rings is 2. The Labute approximate surface area is 140 Å². The van der Waals surface area contributed by atoms with Gasteiger partial charge in [-0.2, -0.15) is 0 Å². The molecule has 0 heterocycles. The number of hydrogen-bond acceptors (Lipinski definition) is 1. The van der Waals surface area contributed by atoms with Gasteiger partial charge in [-0.15, -0.1) is 0 Å². The summed E-state index contributed by atoms with van der Waals surface area (Å²) in [6, 6.07) is 14.5. The van der Waals surface area contributed by atoms with Crippen LogP contribution in [0.25, 0.3) is 0 Å². The van der Waals surface area contributed by atoms with Gasteiger partial charge in [0.25, 0.3) is 0 Å². The molecule has 0 atom stereocenters. The molecule has 2 nitrogen and oxygen atoms in total. The van der Waals surface area contributed by atoms with Crippen LogP contribution < -0.4 is 10.6 Å². The van der Waals surface area contributed by atoms with Gasteiger partial charge < -0.3 is 10.6 Å². The topological polar surface area (TPSA) is 24.1 Å². The molecule has 0 amide bonds. The van der Waals surface area contributed by atoms with Crippen LogP contribution in [0.15, 0.2) is 48.5 Å². The zero-order chi connectivity index (χ0) is 15.8. The lowest BCUT2D eigenvalue weighted by molar-refractivity contribution is 0.607. The smallest absolute Gasteiger partial charge is 0.166 e. The number of thiocarbonyl (C=S) groups is 1. The normalized spacial score (nSPS) is 10.3. The molecule has 0 unspecified atom stereocenters. The SMILES string of the molecule is Fc1ccccc1CCNC(=S)NCCc1ccccc1Cl. The predicted octanol–water partition coefficient (Wildman–Crippen LogP) is 3.73. The molecule has 0 aromatic heterocycles. The zero-order valence-electron chi connectivity index (χ0n) is 12.1. The lowest BCUT2D eigenvalue weighted by Crippen LogP contribution is -2.37. The third-order valence-corrected chi connectivity index (χ3v) is 3.93. The van der Waals surface area contributed by atoms with Crippen molar-refractivity contribution in [2.75, 3.05) is 13.1 Å². The fraction of sp³-hybridized carbons (Fsp3) is 0.235. The van der Waals surface area contributed by atoms with Gasteiger partial charge >= 0.3 is 0 Å². The second-order valence-electron chi connectivity index (χ2n) is 4.87. The lowest BCUT2D eigenvalue weighted by Gasteiger charge is -2.11. The van der Waals surface area contributed by atoms with Crippen LogP contribution >= 0.6 is 23.8 Å². The Morgan fingerprint density at radius 2 is 1.45 bits per heavy atom. The highest BCUT2D eigenvalue weighted by atomic mass is 35.5. The molecule has 0 bridgehead atoms. The molecule has 2 rings (SSSR count). The van der Waals surface area contributed by atoms with E-state index in [0.29, 0.717) is 30.2 Å². The Morgan fingerprint density at radius 1 is 0.909 bits per heavy atom. The minimum absolute atomic E-state index is 0.179. The predicted molar refractivity (Wildman–Crippen MR) is 93.9 cm³/mol. The second-order valence-corrected chi connectivity index (χ2v) is 5.68. The summed E-state index contributed by atoms with van der Waals surface area (Å²) >= 11 is 11.3. The van der Waals surface area contributed by atoms with Crippen molar-refractivity contribution in [3.8, 4) is 0 Å². The Bertz CT molecular complexity index is 580. The molecule has 0 spiro atoms. The van der Waals surface area contributed by atoms with Crippen molar-refractivity contribution in [1.29, 1.82) is 0 Å². The summed E-state index contributed by atoms with van der Waals surface area (Å²) in [6.45, 7) is 1.30. The summed E-state index contributed by atoms with van der Waals surface area (Å²) in [4.78, 5) is 0. The van der Waals surface area contributed by atoms with Crippen molar-refractivity contribution < 1.29 is 4.39 Å². The number of halogens is 2. The number of nitrogens with one attached hydrogen (secondary N) is 2. The zero-order valence-corrected chi connectivity index (χ0v) is 13.7. The molecule has 0 radical (unpaired) electrons. The highest BCUT2D eigenvalue weighted by molar-refractivity contribution is 7.80. The minimum Gasteiger partial charge on any atom is -0.362 e. The van der Waals surface area contributed by atoms with Crippen LogP contribution in [0, 0.1) is 5.82 Å². The summed E-state index contributed by atoms with van der Waals surface area (Å²) in [5.41, 5.74) is 1.78. The molecule has 2 aromatic rings. The van der Waals surface area contributed by atoms with Crippen molar-refractivity contribution in [3.05, 3.63) is 70.5 Å². The Balaban J connectivity index is 1.66. The van der Waals surface area contributed by atoms with E-state index in [-0.39, 0.29) is 5.82 Å². The van der Waals surface area contributed by atoms with Gasteiger partial charge in [0, 0.05) is 18.1 Å². The van der Waals surface area contributed by atoms with Crippen LogP contribution in [0.3, 0.4) is 0 Å². The monoisotopic (exact) mass is 336 g/mol. The van der Waals surface area contributed by atoms with Crippen LogP contribution in [0.5, 0.6) is 0 Å². The largest absolute Gasteiger partial charge is 0.362 e. The molecule has 2 aromatic carbocycles. The third kappa shape index (κ3) is 5.28. The highest BCUT2D eigenvalue weighted by Crippen LogP contribution is 2.14. The van der Waals surface area contributed by atoms with E-state index < -0.39 is 0 Å². The number of hydrogen-bond donors (Lipinski definition) is 2. The van der Waals surface area contributed by atoms with Crippen molar-refractivity contribution >= 4 is 28.9 Å². The van der Waals surface area contributed by atoms with E-state index in [2.05, 4.69) is 10.6 Å². The summed E-state index contributed by atoms with van der Waals surface area (Å²) < 4.78 is 13.5. The molecule has 0 saturated heterocycles. The summed E-state index contributed by atoms with van der Waals surface area (Å²) in [7, 11) is 0. The average Bonchev–Trinajstić information content (AvgIpc) is 2.51. The summed E-state index contributed by atoms with van der Waals surface area (Å²) in [5.74, 6) is -0.179. The first kappa shape index (κ1) is 16.7. The van der Waals surface area contributed by atoms with Gasteiger partial charge in [0.1, 0.15) is 5.82 Å². The molecule has 2 N–H and O–H groups in total. The first-order chi connectivity index (χ1) is 10.7.